The molecule has 0 heterocycles. The normalized spacial score (nSPS) is 11.4. The molecule has 0 amide bonds. The molecule has 0 atom stereocenters. The van der Waals surface area contributed by atoms with E-state index >= 15 is 0 Å². The summed E-state index contributed by atoms with van der Waals surface area (Å²) in [5.41, 5.74) is 0. The van der Waals surface area contributed by atoms with Crippen LogP contribution in [-0.2, 0) is 11.4 Å². The maximum atomic E-state index is 8.44. The van der Waals surface area contributed by atoms with E-state index < -0.39 is 11.4 Å². The maximum Gasteiger partial charge on any atom is 0.0757 e. The van der Waals surface area contributed by atoms with Crippen LogP contribution in [0.2, 0.25) is 0 Å². The summed E-state index contributed by atoms with van der Waals surface area (Å²) in [6.07, 6.45) is 0. The molecule has 0 aromatic rings. The zero-order chi connectivity index (χ0) is 18.2. The van der Waals surface area contributed by atoms with Crippen LogP contribution in [0.15, 0.2) is 0 Å². The summed E-state index contributed by atoms with van der Waals surface area (Å²) < 4.78 is 27.9. The lowest BCUT2D eigenvalue weighted by Crippen LogP contribution is -2.47. The summed E-state index contributed by atoms with van der Waals surface area (Å²) >= 11 is -3.11. The van der Waals surface area contributed by atoms with Gasteiger partial charge >= 0.3 is 0 Å². The minimum atomic E-state index is -3.11. The van der Waals surface area contributed by atoms with Crippen LogP contribution < -0.4 is 0 Å². The van der Waals surface area contributed by atoms with E-state index in [0.29, 0.717) is 0 Å². The lowest BCUT2D eigenvalue weighted by Gasteiger charge is -2.34. The van der Waals surface area contributed by atoms with Crippen LogP contribution in [0.4, 0.5) is 0 Å². The van der Waals surface area contributed by atoms with E-state index in [-0.39, 0.29) is 0 Å². The third-order valence-electron chi connectivity index (χ3n) is 5.37. The second kappa shape index (κ2) is 15.9. The Bertz CT molecular complexity index is 197. The van der Waals surface area contributed by atoms with Crippen molar-refractivity contribution < 1.29 is 22.3 Å². The van der Waals surface area contributed by atoms with E-state index in [4.69, 9.17) is 13.3 Å². The van der Waals surface area contributed by atoms with Crippen molar-refractivity contribution >= 4 is 11.4 Å². The largest absolute Gasteiger partial charge is 0.784 e. The van der Waals surface area contributed by atoms with Crippen LogP contribution in [0.25, 0.3) is 0 Å². The van der Waals surface area contributed by atoms with Crippen molar-refractivity contribution in [2.45, 2.75) is 55.4 Å². The zero-order valence-electron chi connectivity index (χ0n) is 16.2. The number of quaternary nitrogens is 2. The van der Waals surface area contributed by atoms with E-state index in [1.54, 1.807) is 0 Å². The molecular formula is C16H40N2O3S. The predicted molar refractivity (Wildman–Crippen MR) is 94.5 cm³/mol. The minimum Gasteiger partial charge on any atom is -0.784 e. The Labute approximate surface area is 142 Å². The fourth-order valence-corrected chi connectivity index (χ4v) is 2.68. The maximum absolute atomic E-state index is 8.44. The number of hydrogen-bond acceptors (Lipinski definition) is 3. The van der Waals surface area contributed by atoms with Crippen molar-refractivity contribution in [2.24, 2.45) is 0 Å². The summed E-state index contributed by atoms with van der Waals surface area (Å²) in [6.45, 7) is 28.4. The Kier molecular flexibility index (Phi) is 19.4. The van der Waals surface area contributed by atoms with Gasteiger partial charge < -0.3 is 18.1 Å². The van der Waals surface area contributed by atoms with Crippen molar-refractivity contribution in [2.75, 3.05) is 52.4 Å². The summed E-state index contributed by atoms with van der Waals surface area (Å²) in [4.78, 5) is 0. The van der Waals surface area contributed by atoms with Gasteiger partial charge in [0.1, 0.15) is 0 Å². The molecule has 138 valence electrons. The van der Waals surface area contributed by atoms with Crippen LogP contribution in [0.3, 0.4) is 0 Å². The van der Waals surface area contributed by atoms with Gasteiger partial charge in [0.15, 0.2) is 0 Å². The lowest BCUT2D eigenvalue weighted by atomic mass is 10.3. The molecule has 0 radical (unpaired) electrons. The van der Waals surface area contributed by atoms with Crippen molar-refractivity contribution in [3.8, 4) is 0 Å². The molecule has 0 fully saturated rings. The van der Waals surface area contributed by atoms with Crippen molar-refractivity contribution in [1.82, 2.24) is 0 Å². The summed E-state index contributed by atoms with van der Waals surface area (Å²) in [7, 11) is 0. The summed E-state index contributed by atoms with van der Waals surface area (Å²) in [6, 6.07) is 0. The van der Waals surface area contributed by atoms with E-state index in [2.05, 4.69) is 55.4 Å². The van der Waals surface area contributed by atoms with Crippen LogP contribution in [-0.4, -0.2) is 74.6 Å². The second-order valence-electron chi connectivity index (χ2n) is 5.42. The fourth-order valence-electron chi connectivity index (χ4n) is 2.68. The Morgan fingerprint density at radius 3 is 0.636 bits per heavy atom. The second-order valence-corrected chi connectivity index (χ2v) is 5.83. The zero-order valence-corrected chi connectivity index (χ0v) is 17.0. The van der Waals surface area contributed by atoms with E-state index in [0.717, 1.165) is 0 Å². The lowest BCUT2D eigenvalue weighted by molar-refractivity contribution is -0.921. The molecule has 0 aromatic carbocycles. The molecule has 0 rings (SSSR count). The first-order valence-electron chi connectivity index (χ1n) is 8.69. The highest BCUT2D eigenvalue weighted by molar-refractivity contribution is 7.72. The van der Waals surface area contributed by atoms with Gasteiger partial charge in [-0.3, -0.25) is 4.21 Å². The van der Waals surface area contributed by atoms with Crippen molar-refractivity contribution in [3.05, 3.63) is 0 Å². The van der Waals surface area contributed by atoms with Crippen molar-refractivity contribution in [3.63, 3.8) is 0 Å². The highest BCUT2D eigenvalue weighted by Crippen LogP contribution is 2.03. The average molecular weight is 341 g/mol. The molecule has 0 aliphatic heterocycles. The van der Waals surface area contributed by atoms with Gasteiger partial charge in [-0.1, -0.05) is 0 Å². The van der Waals surface area contributed by atoms with Crippen LogP contribution >= 0.6 is 0 Å². The van der Waals surface area contributed by atoms with Gasteiger partial charge in [0.2, 0.25) is 0 Å². The topological polar surface area (TPSA) is 63.2 Å². The van der Waals surface area contributed by atoms with Gasteiger partial charge in [0, 0.05) is 0 Å². The van der Waals surface area contributed by atoms with Gasteiger partial charge in [0.05, 0.1) is 52.4 Å². The Balaban J connectivity index is -0.000000266. The first-order chi connectivity index (χ1) is 10.2. The molecule has 0 aliphatic rings. The molecule has 6 heteroatoms. The molecule has 22 heavy (non-hydrogen) atoms. The Hall–Kier alpha value is -0.0100. The molecule has 0 aromatic heterocycles. The highest BCUT2D eigenvalue weighted by Gasteiger charge is 2.16. The van der Waals surface area contributed by atoms with E-state index in [1.807, 2.05) is 0 Å². The predicted octanol–water partition coefficient (Wildman–Crippen LogP) is 2.76. The van der Waals surface area contributed by atoms with Gasteiger partial charge in [-0.15, -0.1) is 11.4 Å². The monoisotopic (exact) mass is 340 g/mol. The first-order valence-corrected chi connectivity index (χ1v) is 9.69. The van der Waals surface area contributed by atoms with E-state index in [1.165, 1.54) is 61.3 Å². The van der Waals surface area contributed by atoms with Gasteiger partial charge in [-0.05, 0) is 55.4 Å². The average Bonchev–Trinajstić information content (AvgIpc) is 2.53. The minimum absolute atomic E-state index is 1.28. The van der Waals surface area contributed by atoms with Crippen molar-refractivity contribution in [1.29, 1.82) is 0 Å². The summed E-state index contributed by atoms with van der Waals surface area (Å²) in [5, 5.41) is 0. The van der Waals surface area contributed by atoms with Crippen LogP contribution in [0, 0.1) is 0 Å². The van der Waals surface area contributed by atoms with Gasteiger partial charge in [-0.2, -0.15) is 0 Å². The van der Waals surface area contributed by atoms with Crippen LogP contribution in [0.1, 0.15) is 55.4 Å². The molecule has 0 saturated heterocycles. The molecule has 5 nitrogen and oxygen atoms in total. The molecule has 0 saturated carbocycles. The Morgan fingerprint density at radius 1 is 0.545 bits per heavy atom. The quantitative estimate of drug-likeness (QED) is 0.504. The molecule has 0 spiro atoms. The Morgan fingerprint density at radius 2 is 0.636 bits per heavy atom. The molecule has 0 unspecified atom stereocenters. The SMILES string of the molecule is CC[N+](CC)(CC)CC.CC[N+](CC)(CC)CC.O=S([O-])[O-]. The van der Waals surface area contributed by atoms with Crippen LogP contribution in [0.5, 0.6) is 0 Å². The molecule has 0 aliphatic carbocycles. The van der Waals surface area contributed by atoms with Gasteiger partial charge in [-0.25, -0.2) is 0 Å². The first kappa shape index (κ1) is 26.9. The van der Waals surface area contributed by atoms with Gasteiger partial charge in [0.25, 0.3) is 0 Å². The smallest absolute Gasteiger partial charge is 0.0757 e. The third-order valence-corrected chi connectivity index (χ3v) is 5.37. The number of hydrogen-bond donors (Lipinski definition) is 0. The number of nitrogens with zero attached hydrogens (tertiary/aromatic N) is 2. The molecule has 0 bridgehead atoms. The number of rotatable bonds is 8. The molecule has 0 N–H and O–H groups in total. The standard InChI is InChI=1S/2C8H20N.H2O3S/c2*1-5-9(6-2,7-3)8-4;1-4(2)3/h2*5-8H2,1-4H3;(H2,1,2,3)/q2*+1;/p-2. The third kappa shape index (κ3) is 12.5. The molecular weight excluding hydrogens is 300 g/mol. The summed E-state index contributed by atoms with van der Waals surface area (Å²) in [5.74, 6) is 0. The fraction of sp³-hybridized carbons (Fsp3) is 1.00. The van der Waals surface area contributed by atoms with E-state index in [9.17, 15) is 0 Å². The highest BCUT2D eigenvalue weighted by atomic mass is 32.2.